The van der Waals surface area contributed by atoms with Crippen molar-refractivity contribution in [3.8, 4) is 0 Å². The Morgan fingerprint density at radius 1 is 1.78 bits per heavy atom. The zero-order chi connectivity index (χ0) is 6.69. The Bertz CT molecular complexity index is 178. The third kappa shape index (κ3) is 1.17. The Kier molecular flexibility index (Phi) is 1.65. The van der Waals surface area contributed by atoms with Gasteiger partial charge < -0.3 is 9.52 Å². The topological polar surface area (TPSA) is 50.4 Å². The number of carbonyl (C=O) groups excluding carboxylic acids is 1. The van der Waals surface area contributed by atoms with Gasteiger partial charge in [-0.05, 0) is 6.07 Å². The lowest BCUT2D eigenvalue weighted by atomic mass is 10.2. The highest BCUT2D eigenvalue weighted by molar-refractivity contribution is 5.59. The number of furan rings is 1. The Morgan fingerprint density at radius 2 is 2.56 bits per heavy atom. The molecule has 1 radical (unpaired) electrons. The van der Waals surface area contributed by atoms with Gasteiger partial charge in [0.1, 0.15) is 6.10 Å². The monoisotopic (exact) mass is 125 g/mol. The molecule has 1 atom stereocenters. The van der Waals surface area contributed by atoms with Crippen LogP contribution in [0.2, 0.25) is 0 Å². The van der Waals surface area contributed by atoms with Crippen LogP contribution in [0.5, 0.6) is 0 Å². The summed E-state index contributed by atoms with van der Waals surface area (Å²) >= 11 is 0. The van der Waals surface area contributed by atoms with E-state index in [1.165, 1.54) is 24.9 Å². The highest BCUT2D eigenvalue weighted by Gasteiger charge is 2.05. The van der Waals surface area contributed by atoms with Gasteiger partial charge in [-0.1, -0.05) is 0 Å². The van der Waals surface area contributed by atoms with E-state index in [2.05, 4.69) is 4.42 Å². The SMILES string of the molecule is O=[C]C(O)c1ccoc1. The maximum absolute atomic E-state index is 9.79. The van der Waals surface area contributed by atoms with Gasteiger partial charge in [-0.15, -0.1) is 0 Å². The summed E-state index contributed by atoms with van der Waals surface area (Å²) in [5.41, 5.74) is 0.435. The second-order valence-electron chi connectivity index (χ2n) is 1.58. The highest BCUT2D eigenvalue weighted by Crippen LogP contribution is 2.08. The number of hydrogen-bond acceptors (Lipinski definition) is 3. The van der Waals surface area contributed by atoms with Gasteiger partial charge >= 0.3 is 0 Å². The first-order chi connectivity index (χ1) is 4.34. The molecule has 0 saturated carbocycles. The third-order valence-electron chi connectivity index (χ3n) is 0.971. The molecule has 3 nitrogen and oxygen atoms in total. The highest BCUT2D eigenvalue weighted by atomic mass is 16.3. The number of aliphatic hydroxyl groups excluding tert-OH is 1. The van der Waals surface area contributed by atoms with E-state index < -0.39 is 6.10 Å². The molecule has 1 unspecified atom stereocenters. The van der Waals surface area contributed by atoms with Crippen molar-refractivity contribution in [3.05, 3.63) is 24.2 Å². The number of rotatable bonds is 2. The average Bonchev–Trinajstić information content (AvgIpc) is 2.37. The van der Waals surface area contributed by atoms with Gasteiger partial charge in [0, 0.05) is 5.56 Å². The minimum atomic E-state index is -1.16. The van der Waals surface area contributed by atoms with E-state index in [0.29, 0.717) is 5.56 Å². The molecule has 1 rings (SSSR count). The average molecular weight is 125 g/mol. The minimum Gasteiger partial charge on any atom is -0.472 e. The van der Waals surface area contributed by atoms with Crippen molar-refractivity contribution in [2.75, 3.05) is 0 Å². The first-order valence-corrected chi connectivity index (χ1v) is 2.42. The lowest BCUT2D eigenvalue weighted by Gasteiger charge is -1.91. The van der Waals surface area contributed by atoms with Crippen LogP contribution in [0, 0.1) is 0 Å². The van der Waals surface area contributed by atoms with Crippen LogP contribution < -0.4 is 0 Å². The molecule has 1 aromatic heterocycles. The molecule has 0 aromatic carbocycles. The summed E-state index contributed by atoms with van der Waals surface area (Å²) in [6.45, 7) is 0. The van der Waals surface area contributed by atoms with Crippen molar-refractivity contribution in [1.82, 2.24) is 0 Å². The second-order valence-corrected chi connectivity index (χ2v) is 1.58. The Balaban J connectivity index is 2.76. The fourth-order valence-corrected chi connectivity index (χ4v) is 0.499. The fourth-order valence-electron chi connectivity index (χ4n) is 0.499. The van der Waals surface area contributed by atoms with E-state index in [1.54, 1.807) is 0 Å². The van der Waals surface area contributed by atoms with E-state index in [1.807, 2.05) is 0 Å². The van der Waals surface area contributed by atoms with Crippen LogP contribution in [0.1, 0.15) is 11.7 Å². The predicted octanol–water partition coefficient (Wildman–Crippen LogP) is 0.423. The minimum absolute atomic E-state index is 0.435. The van der Waals surface area contributed by atoms with Crippen LogP contribution in [-0.4, -0.2) is 11.4 Å². The summed E-state index contributed by atoms with van der Waals surface area (Å²) in [6.07, 6.45) is 2.94. The maximum Gasteiger partial charge on any atom is 0.234 e. The molecule has 9 heavy (non-hydrogen) atoms. The molecule has 3 heteroatoms. The van der Waals surface area contributed by atoms with Crippen LogP contribution in [-0.2, 0) is 4.79 Å². The largest absolute Gasteiger partial charge is 0.472 e. The molecule has 0 aliphatic carbocycles. The second kappa shape index (κ2) is 2.46. The standard InChI is InChI=1S/C6H5O3/c7-3-6(8)5-1-2-9-4-5/h1-2,4,6,8H. The molecule has 0 fully saturated rings. The van der Waals surface area contributed by atoms with Crippen LogP contribution in [0.3, 0.4) is 0 Å². The lowest BCUT2D eigenvalue weighted by molar-refractivity contribution is 0.239. The van der Waals surface area contributed by atoms with Crippen LogP contribution in [0.4, 0.5) is 0 Å². The van der Waals surface area contributed by atoms with Gasteiger partial charge in [-0.2, -0.15) is 0 Å². The van der Waals surface area contributed by atoms with Crippen molar-refractivity contribution in [1.29, 1.82) is 0 Å². The Labute approximate surface area is 51.9 Å². The van der Waals surface area contributed by atoms with Gasteiger partial charge in [0.2, 0.25) is 6.29 Å². The summed E-state index contributed by atoms with van der Waals surface area (Å²) in [4.78, 5) is 9.79. The molecule has 47 valence electrons. The molecule has 0 aliphatic heterocycles. The normalized spacial score (nSPS) is 13.0. The van der Waals surface area contributed by atoms with Crippen molar-refractivity contribution in [3.63, 3.8) is 0 Å². The zero-order valence-electron chi connectivity index (χ0n) is 4.57. The van der Waals surface area contributed by atoms with Crippen LogP contribution >= 0.6 is 0 Å². The molecular weight excluding hydrogens is 120 g/mol. The van der Waals surface area contributed by atoms with E-state index >= 15 is 0 Å². The Morgan fingerprint density at radius 3 is 3.00 bits per heavy atom. The van der Waals surface area contributed by atoms with Crippen molar-refractivity contribution in [2.45, 2.75) is 6.10 Å². The molecule has 0 amide bonds. The van der Waals surface area contributed by atoms with E-state index in [-0.39, 0.29) is 0 Å². The summed E-state index contributed by atoms with van der Waals surface area (Å²) in [5, 5.41) is 8.73. The summed E-state index contributed by atoms with van der Waals surface area (Å²) in [6, 6.07) is 1.51. The first-order valence-electron chi connectivity index (χ1n) is 2.42. The molecule has 1 N–H and O–H groups in total. The van der Waals surface area contributed by atoms with Crippen LogP contribution in [0.15, 0.2) is 23.0 Å². The third-order valence-corrected chi connectivity index (χ3v) is 0.971. The predicted molar refractivity (Wildman–Crippen MR) is 29.4 cm³/mol. The molecular formula is C6H5O3. The molecule has 0 bridgehead atoms. The van der Waals surface area contributed by atoms with Gasteiger partial charge in [-0.3, -0.25) is 4.79 Å². The fraction of sp³-hybridized carbons (Fsp3) is 0.167. The molecule has 1 heterocycles. The molecule has 0 saturated heterocycles. The number of hydrogen-bond donors (Lipinski definition) is 1. The van der Waals surface area contributed by atoms with Crippen molar-refractivity contribution in [2.24, 2.45) is 0 Å². The van der Waals surface area contributed by atoms with Gasteiger partial charge in [0.15, 0.2) is 0 Å². The molecule has 1 aromatic rings. The van der Waals surface area contributed by atoms with Gasteiger partial charge in [-0.25, -0.2) is 0 Å². The maximum atomic E-state index is 9.79. The zero-order valence-corrected chi connectivity index (χ0v) is 4.57. The lowest BCUT2D eigenvalue weighted by Crippen LogP contribution is -1.94. The van der Waals surface area contributed by atoms with Crippen molar-refractivity contribution >= 4 is 6.29 Å². The summed E-state index contributed by atoms with van der Waals surface area (Å²) in [5.74, 6) is 0. The van der Waals surface area contributed by atoms with Crippen molar-refractivity contribution < 1.29 is 14.3 Å². The van der Waals surface area contributed by atoms with Crippen LogP contribution in [0.25, 0.3) is 0 Å². The van der Waals surface area contributed by atoms with Gasteiger partial charge in [0.05, 0.1) is 12.5 Å². The first kappa shape index (κ1) is 6.04. The smallest absolute Gasteiger partial charge is 0.234 e. The summed E-state index contributed by atoms with van der Waals surface area (Å²) in [7, 11) is 0. The number of aliphatic hydroxyl groups is 1. The Hall–Kier alpha value is -1.09. The van der Waals surface area contributed by atoms with Gasteiger partial charge in [0.25, 0.3) is 0 Å². The molecule has 0 spiro atoms. The van der Waals surface area contributed by atoms with E-state index in [4.69, 9.17) is 5.11 Å². The summed E-state index contributed by atoms with van der Waals surface area (Å²) < 4.78 is 4.60. The van der Waals surface area contributed by atoms with E-state index in [9.17, 15) is 4.79 Å². The molecule has 0 aliphatic rings. The van der Waals surface area contributed by atoms with E-state index in [0.717, 1.165) is 0 Å². The quantitative estimate of drug-likeness (QED) is 0.623.